The largest absolute Gasteiger partial charge is 0.349 e. The Bertz CT molecular complexity index is 814. The molecule has 0 aromatic heterocycles. The molecule has 0 saturated heterocycles. The lowest BCUT2D eigenvalue weighted by Crippen LogP contribution is -2.25. The van der Waals surface area contributed by atoms with E-state index in [2.05, 4.69) is 4.72 Å². The number of benzene rings is 2. The summed E-state index contributed by atoms with van der Waals surface area (Å²) in [5, 5.41) is 0. The first-order chi connectivity index (χ1) is 10.8. The Balaban J connectivity index is 2.37. The van der Waals surface area contributed by atoms with E-state index in [-0.39, 0.29) is 17.2 Å². The Morgan fingerprint density at radius 1 is 1.04 bits per heavy atom. The number of nitrogens with one attached hydrogen (secondary N) is 1. The van der Waals surface area contributed by atoms with Crippen molar-refractivity contribution in [1.29, 1.82) is 0 Å². The molecule has 5 nitrogen and oxygen atoms in total. The summed E-state index contributed by atoms with van der Waals surface area (Å²) >= 11 is 0. The van der Waals surface area contributed by atoms with Crippen LogP contribution in [0, 0.1) is 6.92 Å². The van der Waals surface area contributed by atoms with E-state index in [1.165, 1.54) is 11.0 Å². The van der Waals surface area contributed by atoms with Crippen molar-refractivity contribution in [3.05, 3.63) is 59.7 Å². The van der Waals surface area contributed by atoms with Crippen LogP contribution in [0.2, 0.25) is 0 Å². The van der Waals surface area contributed by atoms with Gasteiger partial charge in [0, 0.05) is 14.1 Å². The Hall–Kier alpha value is -2.34. The number of amides is 1. The number of likely N-dealkylation sites (N-methyl/N-ethyl adjacent to an activating group) is 1. The summed E-state index contributed by atoms with van der Waals surface area (Å²) in [5.74, 6) is -0.149. The van der Waals surface area contributed by atoms with Crippen molar-refractivity contribution in [2.45, 2.75) is 18.2 Å². The summed E-state index contributed by atoms with van der Waals surface area (Å²) in [5.41, 5.74) is 1.84. The Morgan fingerprint density at radius 2 is 1.65 bits per heavy atom. The van der Waals surface area contributed by atoms with E-state index < -0.39 is 10.0 Å². The maximum absolute atomic E-state index is 12.7. The number of hydrogen-bond donors (Lipinski definition) is 1. The fourth-order valence-corrected chi connectivity index (χ4v) is 3.49. The van der Waals surface area contributed by atoms with Crippen LogP contribution in [0.3, 0.4) is 0 Å². The second-order valence-corrected chi connectivity index (χ2v) is 7.14. The number of carbonyl (C=O) groups is 1. The van der Waals surface area contributed by atoms with Gasteiger partial charge in [-0.1, -0.05) is 36.4 Å². The highest BCUT2D eigenvalue weighted by atomic mass is 32.2. The molecule has 0 radical (unpaired) electrons. The SMILES string of the molecule is Cc1ccccc1NS(=O)(=O)c1ccccc1CC(=O)N(C)C. The minimum absolute atomic E-state index is 0.0395. The lowest BCUT2D eigenvalue weighted by molar-refractivity contribution is -0.127. The van der Waals surface area contributed by atoms with E-state index in [4.69, 9.17) is 0 Å². The minimum Gasteiger partial charge on any atom is -0.349 e. The third-order valence-electron chi connectivity index (χ3n) is 3.49. The van der Waals surface area contributed by atoms with Crippen LogP contribution >= 0.6 is 0 Å². The van der Waals surface area contributed by atoms with Gasteiger partial charge in [-0.05, 0) is 30.2 Å². The molecule has 23 heavy (non-hydrogen) atoms. The van der Waals surface area contributed by atoms with E-state index in [1.54, 1.807) is 44.4 Å². The van der Waals surface area contributed by atoms with Crippen molar-refractivity contribution >= 4 is 21.6 Å². The van der Waals surface area contributed by atoms with Crippen LogP contribution in [-0.4, -0.2) is 33.3 Å². The van der Waals surface area contributed by atoms with Crippen LogP contribution in [0.15, 0.2) is 53.4 Å². The number of rotatable bonds is 5. The Morgan fingerprint density at radius 3 is 2.30 bits per heavy atom. The van der Waals surface area contributed by atoms with Gasteiger partial charge in [0.2, 0.25) is 5.91 Å². The summed E-state index contributed by atoms with van der Waals surface area (Å²) in [6.45, 7) is 1.83. The van der Waals surface area contributed by atoms with Crippen LogP contribution in [0.25, 0.3) is 0 Å². The Kier molecular flexibility index (Phi) is 5.05. The average molecular weight is 332 g/mol. The van der Waals surface area contributed by atoms with Gasteiger partial charge in [-0.2, -0.15) is 0 Å². The molecule has 0 atom stereocenters. The molecule has 2 rings (SSSR count). The van der Waals surface area contributed by atoms with Gasteiger partial charge >= 0.3 is 0 Å². The fraction of sp³-hybridized carbons (Fsp3) is 0.235. The molecule has 0 saturated carbocycles. The van der Waals surface area contributed by atoms with Gasteiger partial charge in [-0.25, -0.2) is 8.42 Å². The predicted octanol–water partition coefficient (Wildman–Crippen LogP) is 2.43. The molecule has 0 spiro atoms. The molecular formula is C17H20N2O3S. The maximum Gasteiger partial charge on any atom is 0.262 e. The molecule has 2 aromatic carbocycles. The molecule has 0 aliphatic rings. The second kappa shape index (κ2) is 6.83. The van der Waals surface area contributed by atoms with E-state index in [1.807, 2.05) is 19.1 Å². The van der Waals surface area contributed by atoms with Crippen LogP contribution in [-0.2, 0) is 21.2 Å². The molecular weight excluding hydrogens is 312 g/mol. The van der Waals surface area contributed by atoms with E-state index in [0.29, 0.717) is 11.3 Å². The van der Waals surface area contributed by atoms with Crippen molar-refractivity contribution in [2.24, 2.45) is 0 Å². The van der Waals surface area contributed by atoms with Crippen molar-refractivity contribution in [3.63, 3.8) is 0 Å². The lowest BCUT2D eigenvalue weighted by Gasteiger charge is -2.15. The van der Waals surface area contributed by atoms with Crippen LogP contribution in [0.1, 0.15) is 11.1 Å². The molecule has 0 bridgehead atoms. The van der Waals surface area contributed by atoms with E-state index >= 15 is 0 Å². The first-order valence-corrected chi connectivity index (χ1v) is 8.66. The molecule has 1 amide bonds. The minimum atomic E-state index is -3.76. The summed E-state index contributed by atoms with van der Waals surface area (Å²) in [4.78, 5) is 13.5. The van der Waals surface area contributed by atoms with Crippen molar-refractivity contribution in [3.8, 4) is 0 Å². The highest BCUT2D eigenvalue weighted by molar-refractivity contribution is 7.92. The van der Waals surface area contributed by atoms with Crippen molar-refractivity contribution < 1.29 is 13.2 Å². The summed E-state index contributed by atoms with van der Waals surface area (Å²) in [6.07, 6.45) is 0.0395. The molecule has 0 heterocycles. The number of aryl methyl sites for hydroxylation is 1. The number of carbonyl (C=O) groups excluding carboxylic acids is 1. The first-order valence-electron chi connectivity index (χ1n) is 7.18. The van der Waals surface area contributed by atoms with Crippen LogP contribution in [0.4, 0.5) is 5.69 Å². The van der Waals surface area contributed by atoms with Gasteiger partial charge in [-0.3, -0.25) is 9.52 Å². The normalized spacial score (nSPS) is 11.1. The van der Waals surface area contributed by atoms with Crippen LogP contribution < -0.4 is 4.72 Å². The molecule has 0 fully saturated rings. The van der Waals surface area contributed by atoms with Gasteiger partial charge in [0.15, 0.2) is 0 Å². The molecule has 0 aliphatic heterocycles. The third kappa shape index (κ3) is 4.10. The number of hydrogen-bond acceptors (Lipinski definition) is 3. The number of para-hydroxylation sites is 1. The topological polar surface area (TPSA) is 66.5 Å². The standard InChI is InChI=1S/C17H20N2O3S/c1-13-8-4-6-10-15(13)18-23(21,22)16-11-7-5-9-14(16)12-17(20)19(2)3/h4-11,18H,12H2,1-3H3. The average Bonchev–Trinajstić information content (AvgIpc) is 2.49. The highest BCUT2D eigenvalue weighted by Crippen LogP contribution is 2.22. The second-order valence-electron chi connectivity index (χ2n) is 5.49. The predicted molar refractivity (Wildman–Crippen MR) is 90.8 cm³/mol. The first kappa shape index (κ1) is 17.0. The zero-order valence-corrected chi connectivity index (χ0v) is 14.2. The van der Waals surface area contributed by atoms with Gasteiger partial charge in [0.05, 0.1) is 17.0 Å². The monoisotopic (exact) mass is 332 g/mol. The molecule has 122 valence electrons. The maximum atomic E-state index is 12.7. The van der Waals surface area contributed by atoms with Gasteiger partial charge in [0.25, 0.3) is 10.0 Å². The Labute approximate surface area is 137 Å². The zero-order chi connectivity index (χ0) is 17.0. The molecule has 0 unspecified atom stereocenters. The highest BCUT2D eigenvalue weighted by Gasteiger charge is 2.20. The quantitative estimate of drug-likeness (QED) is 0.914. The smallest absolute Gasteiger partial charge is 0.262 e. The van der Waals surface area contributed by atoms with Gasteiger partial charge < -0.3 is 4.90 Å². The number of anilines is 1. The van der Waals surface area contributed by atoms with E-state index in [0.717, 1.165) is 5.56 Å². The van der Waals surface area contributed by atoms with Crippen molar-refractivity contribution in [1.82, 2.24) is 4.90 Å². The van der Waals surface area contributed by atoms with Gasteiger partial charge in [0.1, 0.15) is 0 Å². The summed E-state index contributed by atoms with van der Waals surface area (Å²) < 4.78 is 28.0. The summed E-state index contributed by atoms with van der Waals surface area (Å²) in [7, 11) is -0.471. The summed E-state index contributed by atoms with van der Waals surface area (Å²) in [6, 6.07) is 13.7. The van der Waals surface area contributed by atoms with Gasteiger partial charge in [-0.15, -0.1) is 0 Å². The zero-order valence-electron chi connectivity index (χ0n) is 13.4. The van der Waals surface area contributed by atoms with Crippen molar-refractivity contribution in [2.75, 3.05) is 18.8 Å². The molecule has 2 aromatic rings. The van der Waals surface area contributed by atoms with Crippen LogP contribution in [0.5, 0.6) is 0 Å². The molecule has 1 N–H and O–H groups in total. The number of nitrogens with zero attached hydrogens (tertiary/aromatic N) is 1. The molecule has 0 aliphatic carbocycles. The lowest BCUT2D eigenvalue weighted by atomic mass is 10.1. The third-order valence-corrected chi connectivity index (χ3v) is 4.96. The number of sulfonamides is 1. The molecule has 6 heteroatoms. The fourth-order valence-electron chi connectivity index (χ4n) is 2.12. The van der Waals surface area contributed by atoms with E-state index in [9.17, 15) is 13.2 Å².